The highest BCUT2D eigenvalue weighted by atomic mass is 16.2. The molecule has 47 heavy (non-hydrogen) atoms. The van der Waals surface area contributed by atoms with Crippen molar-refractivity contribution < 1.29 is 4.79 Å². The van der Waals surface area contributed by atoms with Gasteiger partial charge >= 0.3 is 12.1 Å². The molecule has 15 nitrogen and oxygen atoms in total. The van der Waals surface area contributed by atoms with E-state index in [1.807, 2.05) is 54.6 Å². The summed E-state index contributed by atoms with van der Waals surface area (Å²) in [5.41, 5.74) is 21.8. The van der Waals surface area contributed by atoms with Crippen LogP contribution >= 0.6 is 0 Å². The Balaban J connectivity index is 0.000000176. The zero-order valence-corrected chi connectivity index (χ0v) is 24.9. The molecule has 6 rings (SSSR count). The maximum absolute atomic E-state index is 12.0. The fourth-order valence-electron chi connectivity index (χ4n) is 4.08. The summed E-state index contributed by atoms with van der Waals surface area (Å²) in [5, 5.41) is 27.1. The number of H-pyrrole nitrogens is 2. The molecule has 0 aliphatic carbocycles. The molecule has 0 saturated heterocycles. The van der Waals surface area contributed by atoms with Crippen LogP contribution < -0.4 is 27.8 Å². The van der Waals surface area contributed by atoms with Crippen LogP contribution in [0.5, 0.6) is 0 Å². The molecule has 0 saturated carbocycles. The molecule has 5 heterocycles. The smallest absolute Gasteiger partial charge is 0.333 e. The van der Waals surface area contributed by atoms with E-state index in [-0.39, 0.29) is 6.03 Å². The molecule has 0 aliphatic rings. The highest BCUT2D eigenvalue weighted by molar-refractivity contribution is 5.95. The van der Waals surface area contributed by atoms with Crippen LogP contribution in [0.4, 0.5) is 28.1 Å². The number of nitrogens with one attached hydrogen (secondary N) is 4. The fourth-order valence-corrected chi connectivity index (χ4v) is 4.08. The van der Waals surface area contributed by atoms with Crippen LogP contribution in [0.1, 0.15) is 17.2 Å². The predicted octanol–water partition coefficient (Wildman–Crippen LogP) is 4.58. The summed E-state index contributed by atoms with van der Waals surface area (Å²) in [6.07, 6.45) is 9.86. The molecule has 6 aromatic rings. The number of nitriles is 1. The molecule has 0 aliphatic heterocycles. The number of pyridine rings is 3. The number of rotatable bonds is 6. The van der Waals surface area contributed by atoms with Crippen LogP contribution in [-0.2, 0) is 6.54 Å². The minimum Gasteiger partial charge on any atom is -0.383 e. The highest BCUT2D eigenvalue weighted by Crippen LogP contribution is 2.31. The molecule has 1 unspecified atom stereocenters. The number of hydrogen-bond donors (Lipinski definition) is 7. The first kappa shape index (κ1) is 32.6. The summed E-state index contributed by atoms with van der Waals surface area (Å²) in [5.74, 6) is 1.59. The van der Waals surface area contributed by atoms with Crippen LogP contribution in [-0.4, -0.2) is 41.4 Å². The largest absolute Gasteiger partial charge is 0.383 e. The van der Waals surface area contributed by atoms with Gasteiger partial charge in [0.1, 0.15) is 11.6 Å². The standard InChI is InChI=1S/C16H16N6O.C8H9N5.C8H5N3/c17-14-13(12-7-4-8-18-10-12)15(22-21-14)20-16(23)19-9-11-5-2-1-3-6-11;9-7-6(8(10)13-12-7)5-2-1-3-11-4-5;1-10-8(5-9)7-3-2-4-11-6-7/h1-8,10H,9H2,(H5,17,19,20,21,22,23);1-4H,(H5,9,10,12,13);2-4,6,8H. The normalized spacial score (nSPS) is 10.4. The fraction of sp³-hybridized carbons (Fsp3) is 0.0625. The first-order chi connectivity index (χ1) is 22.9. The zero-order valence-electron chi connectivity index (χ0n) is 24.9. The number of anilines is 4. The van der Waals surface area contributed by atoms with Gasteiger partial charge in [-0.25, -0.2) is 11.4 Å². The third kappa shape index (κ3) is 9.12. The number of nitrogens with zero attached hydrogens (tertiary/aromatic N) is 7. The topological polar surface area (TPSA) is 243 Å². The summed E-state index contributed by atoms with van der Waals surface area (Å²) in [6.45, 7) is 7.10. The monoisotopic (exact) mass is 626 g/mol. The van der Waals surface area contributed by atoms with E-state index in [2.05, 4.69) is 50.8 Å². The molecule has 234 valence electrons. The van der Waals surface area contributed by atoms with Crippen LogP contribution in [0.2, 0.25) is 0 Å². The minimum atomic E-state index is -0.705. The lowest BCUT2D eigenvalue weighted by atomic mass is 10.1. The summed E-state index contributed by atoms with van der Waals surface area (Å²) < 4.78 is 0. The molecule has 1 aromatic carbocycles. The van der Waals surface area contributed by atoms with Gasteiger partial charge in [0.25, 0.3) is 0 Å². The predicted molar refractivity (Wildman–Crippen MR) is 178 cm³/mol. The van der Waals surface area contributed by atoms with Crippen LogP contribution in [0, 0.1) is 17.9 Å². The number of hydrogen-bond acceptors (Lipinski definition) is 10. The van der Waals surface area contributed by atoms with Crippen LogP contribution in [0.25, 0.3) is 27.1 Å². The van der Waals surface area contributed by atoms with Crippen molar-refractivity contribution in [1.29, 1.82) is 5.26 Å². The first-order valence-electron chi connectivity index (χ1n) is 13.9. The van der Waals surface area contributed by atoms with Gasteiger partial charge in [0, 0.05) is 54.9 Å². The molecule has 0 fully saturated rings. The molecule has 1 atom stereocenters. The number of aromatic nitrogens is 7. The van der Waals surface area contributed by atoms with E-state index in [4.69, 9.17) is 29.0 Å². The van der Waals surface area contributed by atoms with Gasteiger partial charge in [-0.05, 0) is 29.8 Å². The van der Waals surface area contributed by atoms with Crippen LogP contribution in [0.3, 0.4) is 0 Å². The molecule has 0 spiro atoms. The highest BCUT2D eigenvalue weighted by Gasteiger charge is 2.16. The van der Waals surface area contributed by atoms with Crippen molar-refractivity contribution >= 4 is 29.3 Å². The van der Waals surface area contributed by atoms with E-state index in [9.17, 15) is 4.79 Å². The second-order valence-electron chi connectivity index (χ2n) is 9.48. The van der Waals surface area contributed by atoms with E-state index in [1.54, 1.807) is 49.2 Å². The van der Waals surface area contributed by atoms with Crippen molar-refractivity contribution in [2.24, 2.45) is 0 Å². The Morgan fingerprint density at radius 1 is 0.830 bits per heavy atom. The van der Waals surface area contributed by atoms with Gasteiger partial charge in [0.15, 0.2) is 17.7 Å². The van der Waals surface area contributed by atoms with Crippen molar-refractivity contribution in [3.8, 4) is 28.3 Å². The van der Waals surface area contributed by atoms with Gasteiger partial charge < -0.3 is 22.5 Å². The average Bonchev–Trinajstić information content (AvgIpc) is 3.66. The number of nitrogen functional groups attached to an aromatic ring is 3. The van der Waals surface area contributed by atoms with Crippen LogP contribution in [0.15, 0.2) is 104 Å². The molecule has 5 aromatic heterocycles. The number of urea groups is 1. The van der Waals surface area contributed by atoms with Gasteiger partial charge in [-0.1, -0.05) is 42.5 Å². The summed E-state index contributed by atoms with van der Waals surface area (Å²) in [7, 11) is 0. The minimum absolute atomic E-state index is 0.356. The van der Waals surface area contributed by atoms with Gasteiger partial charge in [-0.3, -0.25) is 35.3 Å². The van der Waals surface area contributed by atoms with Crippen molar-refractivity contribution in [1.82, 2.24) is 40.7 Å². The summed E-state index contributed by atoms with van der Waals surface area (Å²) >= 11 is 0. The van der Waals surface area contributed by atoms with Crippen molar-refractivity contribution in [3.05, 3.63) is 126 Å². The van der Waals surface area contributed by atoms with E-state index in [1.165, 1.54) is 6.20 Å². The Morgan fingerprint density at radius 2 is 1.43 bits per heavy atom. The third-order valence-electron chi connectivity index (χ3n) is 6.30. The Bertz CT molecular complexity index is 1900. The molecule has 0 radical (unpaired) electrons. The quantitative estimate of drug-likeness (QED) is 0.127. The lowest BCUT2D eigenvalue weighted by Crippen LogP contribution is -2.28. The lowest BCUT2D eigenvalue weighted by Gasteiger charge is -2.08. The lowest BCUT2D eigenvalue weighted by molar-refractivity contribution is 0.251. The first-order valence-corrected chi connectivity index (χ1v) is 13.9. The number of carbonyl (C=O) groups excluding carboxylic acids is 1. The molecular formula is C32H30N14O. The summed E-state index contributed by atoms with van der Waals surface area (Å²) in [6, 6.07) is 21.2. The van der Waals surface area contributed by atoms with Gasteiger partial charge in [0.2, 0.25) is 0 Å². The second kappa shape index (κ2) is 16.6. The SMILES string of the molecule is Nc1[nH]nc(NC(=O)NCc2ccccc2)c1-c1cccnc1.Nc1n[nH]c(N)c1-c1cccnc1.[C-]#[N+]C(C#N)c1cccnc1. The molecule has 2 amide bonds. The average molecular weight is 627 g/mol. The molecule has 10 N–H and O–H groups in total. The van der Waals surface area contributed by atoms with E-state index >= 15 is 0 Å². The Labute approximate surface area is 269 Å². The Hall–Kier alpha value is -7.26. The maximum Gasteiger partial charge on any atom is 0.333 e. The number of aromatic amines is 2. The molecule has 15 heteroatoms. The number of carbonyl (C=O) groups is 1. The van der Waals surface area contributed by atoms with Gasteiger partial charge in [-0.2, -0.15) is 15.5 Å². The third-order valence-corrected chi connectivity index (χ3v) is 6.30. The van der Waals surface area contributed by atoms with Gasteiger partial charge in [0.05, 0.1) is 16.7 Å². The number of amides is 2. The van der Waals surface area contributed by atoms with E-state index in [0.717, 1.165) is 16.7 Å². The van der Waals surface area contributed by atoms with E-state index in [0.29, 0.717) is 46.5 Å². The van der Waals surface area contributed by atoms with E-state index < -0.39 is 6.04 Å². The molecule has 0 bridgehead atoms. The van der Waals surface area contributed by atoms with Gasteiger partial charge in [-0.15, -0.1) is 0 Å². The van der Waals surface area contributed by atoms with Crippen molar-refractivity contribution in [2.75, 3.05) is 22.5 Å². The number of nitrogens with two attached hydrogens (primary N) is 3. The maximum atomic E-state index is 12.0. The second-order valence-corrected chi connectivity index (χ2v) is 9.48. The number of benzene rings is 1. The summed E-state index contributed by atoms with van der Waals surface area (Å²) in [4.78, 5) is 27.0. The zero-order chi connectivity index (χ0) is 33.4. The Kier molecular flexibility index (Phi) is 11.5. The van der Waals surface area contributed by atoms with Crippen molar-refractivity contribution in [3.63, 3.8) is 0 Å². The molecular weight excluding hydrogens is 596 g/mol. The van der Waals surface area contributed by atoms with Crippen molar-refractivity contribution in [2.45, 2.75) is 12.6 Å². The Morgan fingerprint density at radius 3 is 1.96 bits per heavy atom.